The highest BCUT2D eigenvalue weighted by molar-refractivity contribution is 5.58. The van der Waals surface area contributed by atoms with Crippen molar-refractivity contribution in [3.8, 4) is 11.3 Å². The van der Waals surface area contributed by atoms with Crippen LogP contribution in [0, 0.1) is 0 Å². The highest BCUT2D eigenvalue weighted by Crippen LogP contribution is 2.23. The monoisotopic (exact) mass is 336 g/mol. The SMILES string of the molecule is c1ccc(CCNC[C@H]2Cn3nnc(-c4cncnc4)c3CO2)cc1. The summed E-state index contributed by atoms with van der Waals surface area (Å²) in [5, 5.41) is 12.0. The molecule has 1 aromatic carbocycles. The third-order valence-electron chi connectivity index (χ3n) is 4.31. The molecule has 0 bridgehead atoms. The summed E-state index contributed by atoms with van der Waals surface area (Å²) in [4.78, 5) is 8.08. The van der Waals surface area contributed by atoms with Crippen LogP contribution in [0.2, 0.25) is 0 Å². The van der Waals surface area contributed by atoms with Gasteiger partial charge in [-0.1, -0.05) is 35.5 Å². The van der Waals surface area contributed by atoms with Crippen LogP contribution < -0.4 is 5.32 Å². The first-order chi connectivity index (χ1) is 12.4. The van der Waals surface area contributed by atoms with E-state index in [0.717, 1.165) is 36.5 Å². The first-order valence-electron chi connectivity index (χ1n) is 8.44. The van der Waals surface area contributed by atoms with Crippen molar-refractivity contribution in [2.75, 3.05) is 13.1 Å². The lowest BCUT2D eigenvalue weighted by atomic mass is 10.1. The van der Waals surface area contributed by atoms with Crippen LogP contribution in [0.15, 0.2) is 49.1 Å². The van der Waals surface area contributed by atoms with Crippen molar-refractivity contribution in [2.45, 2.75) is 25.7 Å². The number of fused-ring (bicyclic) bond motifs is 1. The Balaban J connectivity index is 1.31. The van der Waals surface area contributed by atoms with Crippen molar-refractivity contribution >= 4 is 0 Å². The normalized spacial score (nSPS) is 16.6. The Morgan fingerprint density at radius 2 is 2.00 bits per heavy atom. The molecule has 0 fully saturated rings. The van der Waals surface area contributed by atoms with E-state index in [1.54, 1.807) is 12.4 Å². The maximum Gasteiger partial charge on any atom is 0.121 e. The molecule has 1 atom stereocenters. The Morgan fingerprint density at radius 3 is 2.84 bits per heavy atom. The molecule has 128 valence electrons. The van der Waals surface area contributed by atoms with Crippen molar-refractivity contribution in [1.82, 2.24) is 30.3 Å². The minimum Gasteiger partial charge on any atom is -0.369 e. The molecule has 3 aromatic rings. The summed E-state index contributed by atoms with van der Waals surface area (Å²) in [6.45, 7) is 2.94. The van der Waals surface area contributed by atoms with Gasteiger partial charge in [0, 0.05) is 24.5 Å². The number of nitrogens with one attached hydrogen (secondary N) is 1. The van der Waals surface area contributed by atoms with E-state index in [0.29, 0.717) is 13.2 Å². The molecule has 0 spiro atoms. The van der Waals surface area contributed by atoms with Gasteiger partial charge in [-0.25, -0.2) is 14.6 Å². The molecule has 0 aliphatic carbocycles. The second-order valence-corrected chi connectivity index (χ2v) is 6.07. The fraction of sp³-hybridized carbons (Fsp3) is 0.333. The van der Waals surface area contributed by atoms with Gasteiger partial charge in [0.25, 0.3) is 0 Å². The van der Waals surface area contributed by atoms with E-state index in [9.17, 15) is 0 Å². The van der Waals surface area contributed by atoms with Crippen molar-refractivity contribution in [1.29, 1.82) is 0 Å². The summed E-state index contributed by atoms with van der Waals surface area (Å²) in [7, 11) is 0. The molecule has 7 heteroatoms. The topological polar surface area (TPSA) is 77.8 Å². The van der Waals surface area contributed by atoms with Crippen LogP contribution in [0.3, 0.4) is 0 Å². The summed E-state index contributed by atoms with van der Waals surface area (Å²) in [6.07, 6.45) is 6.11. The molecule has 1 aliphatic rings. The van der Waals surface area contributed by atoms with Crippen LogP contribution in [0.5, 0.6) is 0 Å². The summed E-state index contributed by atoms with van der Waals surface area (Å²) < 4.78 is 7.90. The predicted molar refractivity (Wildman–Crippen MR) is 92.6 cm³/mol. The number of rotatable bonds is 6. The summed E-state index contributed by atoms with van der Waals surface area (Å²) >= 11 is 0. The number of hydrogen-bond acceptors (Lipinski definition) is 6. The zero-order valence-electron chi connectivity index (χ0n) is 13.9. The van der Waals surface area contributed by atoms with Crippen molar-refractivity contribution in [2.24, 2.45) is 0 Å². The zero-order chi connectivity index (χ0) is 16.9. The molecule has 7 nitrogen and oxygen atoms in total. The average Bonchev–Trinajstić information content (AvgIpc) is 3.10. The van der Waals surface area contributed by atoms with E-state index in [-0.39, 0.29) is 6.10 Å². The number of hydrogen-bond donors (Lipinski definition) is 1. The second kappa shape index (κ2) is 7.50. The Bertz CT molecular complexity index is 805. The van der Waals surface area contributed by atoms with E-state index in [1.807, 2.05) is 10.7 Å². The van der Waals surface area contributed by atoms with Gasteiger partial charge in [-0.15, -0.1) is 5.10 Å². The van der Waals surface area contributed by atoms with Gasteiger partial charge in [0.2, 0.25) is 0 Å². The van der Waals surface area contributed by atoms with Crippen LogP contribution in [0.1, 0.15) is 11.3 Å². The lowest BCUT2D eigenvalue weighted by Gasteiger charge is -2.24. The first kappa shape index (κ1) is 15.9. The highest BCUT2D eigenvalue weighted by atomic mass is 16.5. The standard InChI is InChI=1S/C18H20N6O/c1-2-4-14(5-3-1)6-7-19-10-16-11-24-17(12-25-16)18(22-23-24)15-8-20-13-21-9-15/h1-5,8-9,13,16,19H,6-7,10-12H2/t16-/m0/s1. The summed E-state index contributed by atoms with van der Waals surface area (Å²) in [5.41, 5.74) is 3.99. The highest BCUT2D eigenvalue weighted by Gasteiger charge is 2.24. The fourth-order valence-corrected chi connectivity index (χ4v) is 2.97. The molecule has 1 N–H and O–H groups in total. The van der Waals surface area contributed by atoms with Crippen molar-refractivity contribution < 1.29 is 4.74 Å². The molecule has 3 heterocycles. The second-order valence-electron chi connectivity index (χ2n) is 6.07. The van der Waals surface area contributed by atoms with Crippen LogP contribution >= 0.6 is 0 Å². The van der Waals surface area contributed by atoms with Crippen LogP contribution in [-0.2, 0) is 24.3 Å². The lowest BCUT2D eigenvalue weighted by molar-refractivity contribution is 0.00157. The number of aromatic nitrogens is 5. The molecular weight excluding hydrogens is 316 g/mol. The van der Waals surface area contributed by atoms with E-state index >= 15 is 0 Å². The Morgan fingerprint density at radius 1 is 1.16 bits per heavy atom. The van der Waals surface area contributed by atoms with E-state index in [2.05, 4.69) is 49.9 Å². The van der Waals surface area contributed by atoms with E-state index < -0.39 is 0 Å². The smallest absolute Gasteiger partial charge is 0.121 e. The van der Waals surface area contributed by atoms with Gasteiger partial charge < -0.3 is 10.1 Å². The largest absolute Gasteiger partial charge is 0.369 e. The molecule has 0 saturated carbocycles. The summed E-state index contributed by atoms with van der Waals surface area (Å²) in [6, 6.07) is 10.5. The van der Waals surface area contributed by atoms with Gasteiger partial charge in [0.15, 0.2) is 0 Å². The van der Waals surface area contributed by atoms with Crippen LogP contribution in [-0.4, -0.2) is 44.2 Å². The Labute approximate surface area is 146 Å². The lowest BCUT2D eigenvalue weighted by Crippen LogP contribution is -2.37. The average molecular weight is 336 g/mol. The molecule has 2 aromatic heterocycles. The molecule has 25 heavy (non-hydrogen) atoms. The molecule has 0 radical (unpaired) electrons. The Kier molecular flexibility index (Phi) is 4.76. The van der Waals surface area contributed by atoms with Gasteiger partial charge in [-0.2, -0.15) is 0 Å². The zero-order valence-corrected chi connectivity index (χ0v) is 13.9. The molecular formula is C18H20N6O. The minimum atomic E-state index is 0.102. The predicted octanol–water partition coefficient (Wildman–Crippen LogP) is 1.47. The van der Waals surface area contributed by atoms with Crippen molar-refractivity contribution in [3.05, 3.63) is 60.3 Å². The minimum absolute atomic E-state index is 0.102. The molecule has 0 unspecified atom stereocenters. The van der Waals surface area contributed by atoms with E-state index in [4.69, 9.17) is 4.74 Å². The van der Waals surface area contributed by atoms with Gasteiger partial charge in [0.1, 0.15) is 12.0 Å². The molecule has 4 rings (SSSR count). The number of ether oxygens (including phenoxy) is 1. The van der Waals surface area contributed by atoms with Gasteiger partial charge in [-0.05, 0) is 18.5 Å². The third-order valence-corrected chi connectivity index (χ3v) is 4.31. The summed E-state index contributed by atoms with van der Waals surface area (Å²) in [5.74, 6) is 0. The third kappa shape index (κ3) is 3.72. The quantitative estimate of drug-likeness (QED) is 0.687. The fourth-order valence-electron chi connectivity index (χ4n) is 2.97. The Hall–Kier alpha value is -2.64. The first-order valence-corrected chi connectivity index (χ1v) is 8.44. The molecule has 1 aliphatic heterocycles. The molecule has 0 amide bonds. The van der Waals surface area contributed by atoms with Crippen molar-refractivity contribution in [3.63, 3.8) is 0 Å². The van der Waals surface area contributed by atoms with Gasteiger partial charge in [0.05, 0.1) is 24.9 Å². The van der Waals surface area contributed by atoms with Crippen LogP contribution in [0.4, 0.5) is 0 Å². The number of nitrogens with zero attached hydrogens (tertiary/aromatic N) is 5. The maximum atomic E-state index is 5.97. The van der Waals surface area contributed by atoms with Gasteiger partial charge in [-0.3, -0.25) is 0 Å². The molecule has 0 saturated heterocycles. The van der Waals surface area contributed by atoms with E-state index in [1.165, 1.54) is 11.9 Å². The van der Waals surface area contributed by atoms with Crippen LogP contribution in [0.25, 0.3) is 11.3 Å². The number of benzene rings is 1. The maximum absolute atomic E-state index is 5.97. The van der Waals surface area contributed by atoms with Gasteiger partial charge >= 0.3 is 0 Å².